The average molecular weight is 1020 g/mol. The molecule has 3 rings (SSSR count). The molecule has 0 aliphatic carbocycles. The van der Waals surface area contributed by atoms with Gasteiger partial charge >= 0.3 is 39.9 Å². The van der Waals surface area contributed by atoms with Crippen molar-refractivity contribution >= 4 is 17.7 Å². The topological polar surface area (TPSA) is 408 Å². The molecule has 6 atom stereocenters. The Hall–Kier alpha value is -4.42. The smallest absolute Gasteiger partial charge is 0.868 e. The minimum Gasteiger partial charge on any atom is -0.868 e. The van der Waals surface area contributed by atoms with Gasteiger partial charge in [-0.15, -0.1) is 0 Å². The molecule has 12 N–H and O–H groups in total. The van der Waals surface area contributed by atoms with E-state index in [1.54, 1.807) is 0 Å². The van der Waals surface area contributed by atoms with Crippen molar-refractivity contribution < 1.29 is 116 Å². The van der Waals surface area contributed by atoms with Crippen molar-refractivity contribution in [2.45, 2.75) is 56.3 Å². The number of carbonyl (C=O) groups is 3. The molecule has 3 aromatic heterocycles. The van der Waals surface area contributed by atoms with E-state index in [1.165, 1.54) is 4.90 Å². The second-order valence-electron chi connectivity index (χ2n) is 13.6. The van der Waals surface area contributed by atoms with Crippen molar-refractivity contribution in [2.24, 2.45) is 0 Å². The number of aliphatic hydroxyl groups is 9. The van der Waals surface area contributed by atoms with Crippen LogP contribution in [-0.4, -0.2) is 178 Å². The predicted octanol–water partition coefficient (Wildman–Crippen LogP) is -9.57. The Bertz CT molecular complexity index is 1910. The molecule has 0 aromatic carbocycles. The van der Waals surface area contributed by atoms with Crippen LogP contribution in [0.4, 0.5) is 0 Å². The molecule has 0 bridgehead atoms. The van der Waals surface area contributed by atoms with Crippen molar-refractivity contribution in [3.63, 3.8) is 0 Å². The van der Waals surface area contributed by atoms with Crippen molar-refractivity contribution in [1.29, 1.82) is 0 Å². The number of aromatic nitrogens is 3. The molecule has 3 amide bonds. The minimum absolute atomic E-state index is 0. The number of nitrogens with one attached hydrogen (secondary N) is 3. The average Bonchev–Trinajstić information content (AvgIpc) is 3.23. The zero-order chi connectivity index (χ0) is 45.6. The maximum atomic E-state index is 13.2. The Morgan fingerprint density at radius 1 is 0.500 bits per heavy atom. The first-order chi connectivity index (χ1) is 28.9. The van der Waals surface area contributed by atoms with Crippen molar-refractivity contribution in [3.8, 4) is 17.2 Å². The molecule has 3 heterocycles. The molecule has 0 spiro atoms. The summed E-state index contributed by atoms with van der Waals surface area (Å²) in [4.78, 5) is 77.6. The number of aliphatic hydroxyl groups excluding tert-OH is 9. The summed E-state index contributed by atoms with van der Waals surface area (Å²) < 4.78 is 2.71. The molecule has 3 aromatic rings. The summed E-state index contributed by atoms with van der Waals surface area (Å²) in [5.41, 5.74) is -5.37. The number of rotatable bonds is 24. The molecule has 0 saturated carbocycles. The number of amides is 3. The number of hydrogen-bond acceptors (Lipinski definition) is 19. The van der Waals surface area contributed by atoms with E-state index in [-0.39, 0.29) is 79.2 Å². The van der Waals surface area contributed by atoms with Crippen LogP contribution in [0.15, 0.2) is 51.2 Å². The van der Waals surface area contributed by atoms with Gasteiger partial charge in [-0.1, -0.05) is 0 Å². The van der Waals surface area contributed by atoms with Crippen LogP contribution in [0.3, 0.4) is 0 Å². The molecule has 0 aliphatic heterocycles. The van der Waals surface area contributed by atoms with E-state index in [0.717, 1.165) is 50.5 Å². The third-order valence-corrected chi connectivity index (χ3v) is 9.23. The molecule has 62 heavy (non-hydrogen) atoms. The molecule has 6 unspecified atom stereocenters. The molecule has 0 saturated heterocycles. The van der Waals surface area contributed by atoms with E-state index < -0.39 is 144 Å². The first kappa shape index (κ1) is 53.7. The third kappa shape index (κ3) is 14.6. The number of nitrogens with zero attached hydrogens (tertiary/aromatic N) is 4. The van der Waals surface area contributed by atoms with Gasteiger partial charge in [0.15, 0.2) is 16.3 Å². The van der Waals surface area contributed by atoms with Crippen LogP contribution < -0.4 is 47.6 Å². The molecule has 0 aliphatic rings. The predicted molar refractivity (Wildman–Crippen MR) is 201 cm³/mol. The molecule has 1 radical (unpaired) electrons. The van der Waals surface area contributed by atoms with Gasteiger partial charge in [0.05, 0.1) is 57.8 Å². The normalized spacial score (nSPS) is 14.2. The van der Waals surface area contributed by atoms with Crippen LogP contribution >= 0.6 is 0 Å². The van der Waals surface area contributed by atoms with Crippen LogP contribution in [-0.2, 0) is 19.6 Å². The van der Waals surface area contributed by atoms with Crippen molar-refractivity contribution in [1.82, 2.24) is 34.6 Å². The van der Waals surface area contributed by atoms with E-state index in [0.29, 0.717) is 0 Å². The molecule has 26 heteroatoms. The summed E-state index contributed by atoms with van der Waals surface area (Å²) in [7, 11) is 0. The fourth-order valence-corrected chi connectivity index (χ4v) is 5.73. The Kier molecular flexibility index (Phi) is 22.2. The Morgan fingerprint density at radius 2 is 0.742 bits per heavy atom. The van der Waals surface area contributed by atoms with Crippen molar-refractivity contribution in [2.75, 3.05) is 59.1 Å². The zero-order valence-corrected chi connectivity index (χ0v) is 35.0. The fraction of sp³-hybridized carbons (Fsp3) is 0.500. The van der Waals surface area contributed by atoms with Gasteiger partial charge in [0, 0.05) is 76.1 Å². The molecule has 0 fully saturated rings. The van der Waals surface area contributed by atoms with Gasteiger partial charge in [-0.2, -0.15) is 0 Å². The Morgan fingerprint density at radius 3 is 0.968 bits per heavy atom. The third-order valence-electron chi connectivity index (χ3n) is 9.23. The summed E-state index contributed by atoms with van der Waals surface area (Å²) in [6.45, 7) is -5.61. The summed E-state index contributed by atoms with van der Waals surface area (Å²) in [6.07, 6.45) is -6.85. The summed E-state index contributed by atoms with van der Waals surface area (Å²) in [6, 6.07) is 2.49. The van der Waals surface area contributed by atoms with E-state index >= 15 is 0 Å². The van der Waals surface area contributed by atoms with E-state index in [9.17, 15) is 74.7 Å². The first-order valence-electron chi connectivity index (χ1n) is 18.6. The van der Waals surface area contributed by atoms with E-state index in [4.69, 9.17) is 15.3 Å². The monoisotopic (exact) mass is 1020 g/mol. The first-order valence-corrected chi connectivity index (χ1v) is 18.6. The number of hydrogen-bond donors (Lipinski definition) is 12. The van der Waals surface area contributed by atoms with Gasteiger partial charge in [0.1, 0.15) is 35.4 Å². The van der Waals surface area contributed by atoms with Crippen LogP contribution in [0.1, 0.15) is 31.5 Å². The number of carbonyl (C=O) groups excluding carboxylic acids is 3. The van der Waals surface area contributed by atoms with Gasteiger partial charge in [-0.3, -0.25) is 33.7 Å². The second-order valence-corrected chi connectivity index (χ2v) is 13.6. The van der Waals surface area contributed by atoms with Crippen LogP contribution in [0.2, 0.25) is 0 Å². The van der Waals surface area contributed by atoms with Gasteiger partial charge in [0.2, 0.25) is 0 Å². The molecule has 25 nitrogen and oxygen atoms in total. The minimum atomic E-state index is -1.65. The quantitative estimate of drug-likeness (QED) is 0.0396. The zero-order valence-electron chi connectivity index (χ0n) is 32.8. The molecule has 343 valence electrons. The van der Waals surface area contributed by atoms with Crippen molar-refractivity contribution in [3.05, 3.63) is 84.5 Å². The molecular formula is C36H48GdN7O18. The van der Waals surface area contributed by atoms with E-state index in [1.807, 2.05) is 0 Å². The molecular weight excluding hydrogens is 976 g/mol. The van der Waals surface area contributed by atoms with Crippen LogP contribution in [0.25, 0.3) is 0 Å². The van der Waals surface area contributed by atoms with Gasteiger partial charge in [0.25, 0.3) is 17.7 Å². The Balaban J connectivity index is 0.0000132. The second kappa shape index (κ2) is 25.6. The van der Waals surface area contributed by atoms with Crippen LogP contribution in [0, 0.1) is 39.9 Å². The largest absolute Gasteiger partial charge is 3.00 e. The van der Waals surface area contributed by atoms with Gasteiger partial charge in [-0.05, 0) is 17.2 Å². The fourth-order valence-electron chi connectivity index (χ4n) is 5.73. The summed E-state index contributed by atoms with van der Waals surface area (Å²) >= 11 is 0. The Labute approximate surface area is 383 Å². The SMILES string of the molecule is O=C(NCCN(CCNC(=O)c1c([O-])c(=O)ccn1CC(O)C(O)CO)CCNC(=O)c1c([O-])c(=O)ccn1CC(O)C(O)CO)c1c([O-])c(=O)ccn1CC(O)C(O)CO.[Gd+3]. The van der Waals surface area contributed by atoms with Crippen LogP contribution in [0.5, 0.6) is 17.2 Å². The summed E-state index contributed by atoms with van der Waals surface area (Å²) in [5, 5.41) is 133. The standard InChI is InChI=1S/C36H51N7O18.Gd/c44-16-25(53)22(50)13-41-7-1-19(47)31(56)28(41)34(59)37-4-10-40(11-5-38-35(60)29-32(57)20(48)2-8-42(29)14-23(51)26(54)17-45)12-6-39-36(61)30-33(58)21(49)3-9-43(30)15-24(52)27(55)18-46;/h1-3,7-9,22-27,44-46,50-58H,4-6,10-18H2,(H,37,59)(H,38,60)(H,39,61);/q;+3/p-3. The maximum Gasteiger partial charge on any atom is 3.00 e. The van der Waals surface area contributed by atoms with Gasteiger partial charge < -0.3 is 90.9 Å². The maximum absolute atomic E-state index is 13.2. The van der Waals surface area contributed by atoms with Gasteiger partial charge in [-0.25, -0.2) is 0 Å². The van der Waals surface area contributed by atoms with E-state index in [2.05, 4.69) is 16.0 Å². The number of pyridine rings is 3. The summed E-state index contributed by atoms with van der Waals surface area (Å²) in [5.74, 6) is -7.02.